The van der Waals surface area contributed by atoms with Crippen LogP contribution in [0.1, 0.15) is 24.4 Å². The van der Waals surface area contributed by atoms with Crippen LogP contribution < -0.4 is 5.32 Å². The Kier molecular flexibility index (Phi) is 3.85. The molecule has 0 amide bonds. The van der Waals surface area contributed by atoms with Crippen LogP contribution in [0.3, 0.4) is 0 Å². The lowest BCUT2D eigenvalue weighted by Gasteiger charge is -2.09. The molecule has 0 aromatic carbocycles. The van der Waals surface area contributed by atoms with Crippen LogP contribution in [-0.2, 0) is 13.0 Å². The largest absolute Gasteiger partial charge is 0.309 e. The Morgan fingerprint density at radius 3 is 2.94 bits per heavy atom. The summed E-state index contributed by atoms with van der Waals surface area (Å²) in [6.07, 6.45) is 5.42. The van der Waals surface area contributed by atoms with E-state index in [1.165, 1.54) is 12.8 Å². The fraction of sp³-hybridized carbons (Fsp3) is 0.667. The van der Waals surface area contributed by atoms with E-state index in [9.17, 15) is 0 Å². The van der Waals surface area contributed by atoms with E-state index >= 15 is 0 Å². The topological polar surface area (TPSA) is 41.1 Å². The minimum absolute atomic E-state index is 0.736. The van der Waals surface area contributed by atoms with Gasteiger partial charge in [0.1, 0.15) is 5.82 Å². The zero-order valence-corrected chi connectivity index (χ0v) is 10.1. The van der Waals surface area contributed by atoms with E-state index in [1.807, 2.05) is 12.3 Å². The van der Waals surface area contributed by atoms with E-state index in [0.717, 1.165) is 37.1 Å². The molecule has 1 saturated carbocycles. The maximum atomic E-state index is 4.54. The third-order valence-electron chi connectivity index (χ3n) is 2.69. The Bertz CT molecular complexity index is 312. The van der Waals surface area contributed by atoms with E-state index < -0.39 is 0 Å². The van der Waals surface area contributed by atoms with Crippen LogP contribution in [0.25, 0.3) is 0 Å². The molecule has 0 atom stereocenters. The van der Waals surface area contributed by atoms with Crippen molar-refractivity contribution in [2.24, 2.45) is 0 Å². The van der Waals surface area contributed by atoms with Crippen LogP contribution in [0.5, 0.6) is 0 Å². The Labute approximate surface area is 97.1 Å². The number of rotatable bonds is 6. The maximum absolute atomic E-state index is 4.54. The van der Waals surface area contributed by atoms with Crippen LogP contribution in [-0.4, -0.2) is 41.5 Å². The highest BCUT2D eigenvalue weighted by Crippen LogP contribution is 2.18. The summed E-state index contributed by atoms with van der Waals surface area (Å²) in [7, 11) is 4.14. The summed E-state index contributed by atoms with van der Waals surface area (Å²) < 4.78 is 0. The molecule has 4 heteroatoms. The number of hydrogen-bond acceptors (Lipinski definition) is 4. The molecule has 0 bridgehead atoms. The van der Waals surface area contributed by atoms with Crippen molar-refractivity contribution >= 4 is 0 Å². The fourth-order valence-electron chi connectivity index (χ4n) is 1.52. The number of nitrogens with zero attached hydrogens (tertiary/aromatic N) is 3. The van der Waals surface area contributed by atoms with E-state index in [2.05, 4.69) is 34.3 Å². The van der Waals surface area contributed by atoms with Crippen molar-refractivity contribution in [2.75, 3.05) is 20.6 Å². The zero-order chi connectivity index (χ0) is 11.4. The van der Waals surface area contributed by atoms with Gasteiger partial charge in [0.05, 0.1) is 5.69 Å². The van der Waals surface area contributed by atoms with Crippen LogP contribution >= 0.6 is 0 Å². The van der Waals surface area contributed by atoms with Crippen molar-refractivity contribution < 1.29 is 0 Å². The van der Waals surface area contributed by atoms with Gasteiger partial charge in [0.2, 0.25) is 0 Å². The highest BCUT2D eigenvalue weighted by Gasteiger charge is 2.20. The SMILES string of the molecule is CN(C)CCc1nccc(CNC2CC2)n1. The predicted molar refractivity (Wildman–Crippen MR) is 64.2 cm³/mol. The quantitative estimate of drug-likeness (QED) is 0.771. The molecular weight excluding hydrogens is 200 g/mol. The number of aromatic nitrogens is 2. The average molecular weight is 220 g/mol. The van der Waals surface area contributed by atoms with Gasteiger partial charge in [0.15, 0.2) is 0 Å². The molecule has 16 heavy (non-hydrogen) atoms. The molecule has 88 valence electrons. The second-order valence-corrected chi connectivity index (χ2v) is 4.67. The molecule has 4 nitrogen and oxygen atoms in total. The van der Waals surface area contributed by atoms with E-state index in [0.29, 0.717) is 0 Å². The maximum Gasteiger partial charge on any atom is 0.129 e. The minimum Gasteiger partial charge on any atom is -0.309 e. The van der Waals surface area contributed by atoms with Crippen LogP contribution in [0.15, 0.2) is 12.3 Å². The number of likely N-dealkylation sites (N-methyl/N-ethyl adjacent to an activating group) is 1. The third kappa shape index (κ3) is 3.87. The van der Waals surface area contributed by atoms with Gasteiger partial charge in [0, 0.05) is 31.7 Å². The smallest absolute Gasteiger partial charge is 0.129 e. The fourth-order valence-corrected chi connectivity index (χ4v) is 1.52. The van der Waals surface area contributed by atoms with Gasteiger partial charge in [-0.05, 0) is 33.0 Å². The van der Waals surface area contributed by atoms with Crippen molar-refractivity contribution in [3.8, 4) is 0 Å². The van der Waals surface area contributed by atoms with Crippen molar-refractivity contribution in [3.63, 3.8) is 0 Å². The summed E-state index contributed by atoms with van der Waals surface area (Å²) in [5, 5.41) is 3.46. The van der Waals surface area contributed by atoms with Crippen molar-refractivity contribution in [2.45, 2.75) is 31.8 Å². The standard InChI is InChI=1S/C12H20N4/c1-16(2)8-6-12-13-7-5-11(15-12)9-14-10-3-4-10/h5,7,10,14H,3-4,6,8-9H2,1-2H3. The summed E-state index contributed by atoms with van der Waals surface area (Å²) in [5.74, 6) is 0.948. The Balaban J connectivity index is 1.84. The predicted octanol–water partition coefficient (Wildman–Crippen LogP) is 0.833. The lowest BCUT2D eigenvalue weighted by molar-refractivity contribution is 0.409. The van der Waals surface area contributed by atoms with Gasteiger partial charge in [0.25, 0.3) is 0 Å². The second-order valence-electron chi connectivity index (χ2n) is 4.67. The van der Waals surface area contributed by atoms with Crippen molar-refractivity contribution in [1.82, 2.24) is 20.2 Å². The highest BCUT2D eigenvalue weighted by molar-refractivity contribution is 5.03. The first-order valence-electron chi connectivity index (χ1n) is 5.93. The molecule has 0 saturated heterocycles. The molecule has 0 spiro atoms. The number of nitrogens with one attached hydrogen (secondary N) is 1. The van der Waals surface area contributed by atoms with Crippen LogP contribution in [0, 0.1) is 0 Å². The second kappa shape index (κ2) is 5.37. The van der Waals surface area contributed by atoms with E-state index in [1.54, 1.807) is 0 Å². The average Bonchev–Trinajstić information content (AvgIpc) is 3.08. The van der Waals surface area contributed by atoms with Crippen molar-refractivity contribution in [1.29, 1.82) is 0 Å². The molecule has 1 aromatic rings. The lowest BCUT2D eigenvalue weighted by Crippen LogP contribution is -2.19. The molecule has 0 aliphatic heterocycles. The first-order chi connectivity index (χ1) is 7.74. The lowest BCUT2D eigenvalue weighted by atomic mass is 10.3. The van der Waals surface area contributed by atoms with Gasteiger partial charge in [-0.15, -0.1) is 0 Å². The molecular formula is C12H20N4. The molecule has 1 aliphatic rings. The molecule has 0 radical (unpaired) electrons. The first kappa shape index (κ1) is 11.5. The van der Waals surface area contributed by atoms with Gasteiger partial charge in [-0.1, -0.05) is 0 Å². The van der Waals surface area contributed by atoms with Crippen LogP contribution in [0.2, 0.25) is 0 Å². The zero-order valence-electron chi connectivity index (χ0n) is 10.1. The summed E-state index contributed by atoms with van der Waals surface area (Å²) in [5.41, 5.74) is 1.11. The normalized spacial score (nSPS) is 15.7. The highest BCUT2D eigenvalue weighted by atomic mass is 15.1. The molecule has 1 aromatic heterocycles. The molecule has 0 unspecified atom stereocenters. The van der Waals surface area contributed by atoms with Gasteiger partial charge in [-0.25, -0.2) is 9.97 Å². The monoisotopic (exact) mass is 220 g/mol. The van der Waals surface area contributed by atoms with Crippen LogP contribution in [0.4, 0.5) is 0 Å². The molecule has 1 heterocycles. The summed E-state index contributed by atoms with van der Waals surface area (Å²) in [4.78, 5) is 11.0. The molecule has 1 aliphatic carbocycles. The number of hydrogen-bond donors (Lipinski definition) is 1. The Morgan fingerprint density at radius 1 is 1.44 bits per heavy atom. The Hall–Kier alpha value is -1.00. The van der Waals surface area contributed by atoms with Gasteiger partial charge in [-0.2, -0.15) is 0 Å². The molecule has 1 N–H and O–H groups in total. The minimum atomic E-state index is 0.736. The van der Waals surface area contributed by atoms with Crippen molar-refractivity contribution in [3.05, 3.63) is 23.8 Å². The van der Waals surface area contributed by atoms with E-state index in [-0.39, 0.29) is 0 Å². The first-order valence-corrected chi connectivity index (χ1v) is 5.93. The molecule has 2 rings (SSSR count). The molecule has 1 fully saturated rings. The summed E-state index contributed by atoms with van der Waals surface area (Å²) >= 11 is 0. The van der Waals surface area contributed by atoms with Gasteiger partial charge < -0.3 is 10.2 Å². The Morgan fingerprint density at radius 2 is 2.25 bits per heavy atom. The third-order valence-corrected chi connectivity index (χ3v) is 2.69. The summed E-state index contributed by atoms with van der Waals surface area (Å²) in [6, 6.07) is 2.73. The van der Waals surface area contributed by atoms with E-state index in [4.69, 9.17) is 0 Å². The summed E-state index contributed by atoms with van der Waals surface area (Å²) in [6.45, 7) is 1.88. The van der Waals surface area contributed by atoms with Gasteiger partial charge >= 0.3 is 0 Å². The van der Waals surface area contributed by atoms with Gasteiger partial charge in [-0.3, -0.25) is 0 Å².